The molecule has 0 spiro atoms. The average Bonchev–Trinajstić information content (AvgIpc) is 2.51. The summed E-state index contributed by atoms with van der Waals surface area (Å²) in [6.07, 6.45) is 0. The third-order valence-electron chi connectivity index (χ3n) is 4.23. The quantitative estimate of drug-likeness (QED) is 0.522. The lowest BCUT2D eigenvalue weighted by molar-refractivity contribution is 0.0978. The Morgan fingerprint density at radius 1 is 0.783 bits per heavy atom. The Morgan fingerprint density at radius 3 is 2.30 bits per heavy atom. The molecule has 2 N–H and O–H groups in total. The standard InChI is InChI=1S/C19H12O4/c1-9-7-10-5-6-12-17(15(10)14(21)8-9)19(23)16-11(18(12)22)3-2-4-13(16)20/h2-8,20-21H,1H3. The second kappa shape index (κ2) is 4.43. The summed E-state index contributed by atoms with van der Waals surface area (Å²) in [5.41, 5.74) is 1.44. The third-order valence-corrected chi connectivity index (χ3v) is 4.23. The number of phenols is 2. The van der Waals surface area contributed by atoms with Crippen LogP contribution in [0.3, 0.4) is 0 Å². The molecule has 1 aliphatic carbocycles. The molecule has 23 heavy (non-hydrogen) atoms. The molecule has 0 atom stereocenters. The Morgan fingerprint density at radius 2 is 1.52 bits per heavy atom. The van der Waals surface area contributed by atoms with E-state index in [1.54, 1.807) is 18.2 Å². The number of carbonyl (C=O) groups excluding carboxylic acids is 2. The van der Waals surface area contributed by atoms with E-state index in [4.69, 9.17) is 0 Å². The third kappa shape index (κ3) is 1.72. The van der Waals surface area contributed by atoms with Crippen molar-refractivity contribution in [1.82, 2.24) is 0 Å². The largest absolute Gasteiger partial charge is 0.507 e. The topological polar surface area (TPSA) is 74.6 Å². The Balaban J connectivity index is 2.16. The lowest BCUT2D eigenvalue weighted by atomic mass is 9.81. The van der Waals surface area contributed by atoms with Gasteiger partial charge in [0.05, 0.1) is 5.56 Å². The lowest BCUT2D eigenvalue weighted by Crippen LogP contribution is -2.21. The molecular weight excluding hydrogens is 292 g/mol. The van der Waals surface area contributed by atoms with Crippen molar-refractivity contribution < 1.29 is 19.8 Å². The van der Waals surface area contributed by atoms with E-state index in [0.29, 0.717) is 10.8 Å². The molecule has 0 bridgehead atoms. The smallest absolute Gasteiger partial charge is 0.199 e. The summed E-state index contributed by atoms with van der Waals surface area (Å²) in [4.78, 5) is 25.6. The minimum absolute atomic E-state index is 0.00234. The van der Waals surface area contributed by atoms with Gasteiger partial charge in [-0.15, -0.1) is 0 Å². The van der Waals surface area contributed by atoms with Gasteiger partial charge in [0.25, 0.3) is 0 Å². The van der Waals surface area contributed by atoms with Gasteiger partial charge >= 0.3 is 0 Å². The van der Waals surface area contributed by atoms with Crippen molar-refractivity contribution in [2.75, 3.05) is 0 Å². The van der Waals surface area contributed by atoms with Crippen LogP contribution in [0.1, 0.15) is 37.4 Å². The first-order valence-corrected chi connectivity index (χ1v) is 7.16. The summed E-state index contributed by atoms with van der Waals surface area (Å²) in [7, 11) is 0. The van der Waals surface area contributed by atoms with Gasteiger partial charge < -0.3 is 10.2 Å². The number of aromatic hydroxyl groups is 2. The number of ketones is 2. The highest BCUT2D eigenvalue weighted by Crippen LogP contribution is 2.39. The van der Waals surface area contributed by atoms with E-state index in [1.807, 2.05) is 13.0 Å². The fourth-order valence-corrected chi connectivity index (χ4v) is 3.25. The summed E-state index contributed by atoms with van der Waals surface area (Å²) < 4.78 is 0. The predicted molar refractivity (Wildman–Crippen MR) is 85.3 cm³/mol. The molecule has 0 fully saturated rings. The Kier molecular flexibility index (Phi) is 2.60. The maximum absolute atomic E-state index is 12.9. The maximum Gasteiger partial charge on any atom is 0.199 e. The Bertz CT molecular complexity index is 1030. The SMILES string of the molecule is Cc1cc(O)c2c3c(ccc2c1)C(=O)c1cccc(O)c1C3=O. The number of benzene rings is 3. The van der Waals surface area contributed by atoms with Crippen LogP contribution >= 0.6 is 0 Å². The van der Waals surface area contributed by atoms with E-state index in [2.05, 4.69) is 0 Å². The molecule has 4 nitrogen and oxygen atoms in total. The lowest BCUT2D eigenvalue weighted by Gasteiger charge is -2.20. The van der Waals surface area contributed by atoms with Gasteiger partial charge in [-0.3, -0.25) is 9.59 Å². The van der Waals surface area contributed by atoms with E-state index < -0.39 is 5.78 Å². The van der Waals surface area contributed by atoms with E-state index in [0.717, 1.165) is 5.56 Å². The van der Waals surface area contributed by atoms with Gasteiger partial charge in [0.2, 0.25) is 0 Å². The van der Waals surface area contributed by atoms with Crippen LogP contribution in [0.2, 0.25) is 0 Å². The van der Waals surface area contributed by atoms with Gasteiger partial charge in [0.15, 0.2) is 11.6 Å². The average molecular weight is 304 g/mol. The predicted octanol–water partition coefficient (Wildman–Crippen LogP) is 3.33. The number of hydrogen-bond donors (Lipinski definition) is 2. The summed E-state index contributed by atoms with van der Waals surface area (Å²) >= 11 is 0. The minimum atomic E-state index is -0.447. The fraction of sp³-hybridized carbons (Fsp3) is 0.0526. The molecule has 3 aromatic carbocycles. The minimum Gasteiger partial charge on any atom is -0.507 e. The van der Waals surface area contributed by atoms with Crippen LogP contribution in [0.15, 0.2) is 42.5 Å². The van der Waals surface area contributed by atoms with Gasteiger partial charge in [-0.2, -0.15) is 0 Å². The van der Waals surface area contributed by atoms with Gasteiger partial charge in [-0.1, -0.05) is 24.3 Å². The summed E-state index contributed by atoms with van der Waals surface area (Å²) in [5.74, 6) is -1.04. The number of fused-ring (bicyclic) bond motifs is 4. The van der Waals surface area contributed by atoms with Gasteiger partial charge in [-0.05, 0) is 36.1 Å². The first-order valence-electron chi connectivity index (χ1n) is 7.16. The highest BCUT2D eigenvalue weighted by atomic mass is 16.3. The van der Waals surface area contributed by atoms with Crippen LogP contribution in [-0.4, -0.2) is 21.8 Å². The molecule has 0 radical (unpaired) electrons. The van der Waals surface area contributed by atoms with E-state index in [9.17, 15) is 19.8 Å². The van der Waals surface area contributed by atoms with E-state index >= 15 is 0 Å². The number of phenolic OH excluding ortho intramolecular Hbond substituents is 2. The highest BCUT2D eigenvalue weighted by Gasteiger charge is 2.33. The first kappa shape index (κ1) is 13.5. The van der Waals surface area contributed by atoms with Crippen LogP contribution in [0, 0.1) is 6.92 Å². The molecule has 3 aromatic rings. The van der Waals surface area contributed by atoms with Crippen LogP contribution in [0.4, 0.5) is 0 Å². The monoisotopic (exact) mass is 304 g/mol. The molecule has 0 aromatic heterocycles. The van der Waals surface area contributed by atoms with Crippen LogP contribution < -0.4 is 0 Å². The molecular formula is C19H12O4. The highest BCUT2D eigenvalue weighted by molar-refractivity contribution is 6.33. The molecule has 0 aliphatic heterocycles. The fourth-order valence-electron chi connectivity index (χ4n) is 3.25. The number of aryl methyl sites for hydroxylation is 1. The zero-order chi connectivity index (χ0) is 16.3. The van der Waals surface area contributed by atoms with Crippen molar-refractivity contribution in [3.63, 3.8) is 0 Å². The molecule has 0 saturated carbocycles. The molecule has 112 valence electrons. The Labute approximate surface area is 131 Å². The van der Waals surface area contributed by atoms with Crippen molar-refractivity contribution in [2.24, 2.45) is 0 Å². The number of rotatable bonds is 0. The maximum atomic E-state index is 12.9. The van der Waals surface area contributed by atoms with Crippen LogP contribution in [-0.2, 0) is 0 Å². The first-order chi connectivity index (χ1) is 11.0. The van der Waals surface area contributed by atoms with Crippen molar-refractivity contribution in [3.8, 4) is 11.5 Å². The van der Waals surface area contributed by atoms with Crippen LogP contribution in [0.5, 0.6) is 11.5 Å². The summed E-state index contributed by atoms with van der Waals surface area (Å²) in [6.45, 7) is 1.84. The van der Waals surface area contributed by atoms with Gasteiger partial charge in [0.1, 0.15) is 11.5 Å². The molecule has 1 aliphatic rings. The summed E-state index contributed by atoms with van der Waals surface area (Å²) in [6, 6.07) is 11.2. The van der Waals surface area contributed by atoms with Crippen LogP contribution in [0.25, 0.3) is 10.8 Å². The molecule has 0 heterocycles. The number of carbonyl (C=O) groups is 2. The van der Waals surface area contributed by atoms with Crippen molar-refractivity contribution in [1.29, 1.82) is 0 Å². The van der Waals surface area contributed by atoms with E-state index in [-0.39, 0.29) is 39.5 Å². The molecule has 0 unspecified atom stereocenters. The molecule has 0 saturated heterocycles. The zero-order valence-electron chi connectivity index (χ0n) is 12.3. The summed E-state index contributed by atoms with van der Waals surface area (Å²) in [5, 5.41) is 21.4. The van der Waals surface area contributed by atoms with Crippen molar-refractivity contribution >= 4 is 22.3 Å². The number of hydrogen-bond acceptors (Lipinski definition) is 4. The second-order valence-corrected chi connectivity index (χ2v) is 5.73. The Hall–Kier alpha value is -3.14. The molecule has 4 heteroatoms. The normalized spacial score (nSPS) is 13.1. The molecule has 0 amide bonds. The van der Waals surface area contributed by atoms with Crippen molar-refractivity contribution in [3.05, 3.63) is 70.3 Å². The van der Waals surface area contributed by atoms with Gasteiger partial charge in [0, 0.05) is 22.1 Å². The molecule has 4 rings (SSSR count). The van der Waals surface area contributed by atoms with Crippen molar-refractivity contribution in [2.45, 2.75) is 6.92 Å². The second-order valence-electron chi connectivity index (χ2n) is 5.73. The zero-order valence-corrected chi connectivity index (χ0v) is 12.3. The van der Waals surface area contributed by atoms with Gasteiger partial charge in [-0.25, -0.2) is 0 Å². The van der Waals surface area contributed by atoms with E-state index in [1.165, 1.54) is 18.2 Å².